The Morgan fingerprint density at radius 2 is 2.06 bits per heavy atom. The molecule has 17 heavy (non-hydrogen) atoms. The van der Waals surface area contributed by atoms with E-state index >= 15 is 0 Å². The Bertz CT molecular complexity index is 415. The van der Waals surface area contributed by atoms with E-state index in [-0.39, 0.29) is 6.42 Å². The quantitative estimate of drug-likeness (QED) is 0.824. The summed E-state index contributed by atoms with van der Waals surface area (Å²) in [5, 5.41) is 12.3. The van der Waals surface area contributed by atoms with E-state index in [0.717, 1.165) is 17.7 Å². The zero-order valence-corrected chi connectivity index (χ0v) is 11.0. The van der Waals surface area contributed by atoms with Crippen molar-refractivity contribution in [3.8, 4) is 0 Å². The first-order valence-corrected chi connectivity index (χ1v) is 5.93. The lowest BCUT2D eigenvalue weighted by Gasteiger charge is -2.31. The molecule has 0 saturated carbocycles. The third-order valence-corrected chi connectivity index (χ3v) is 3.05. The van der Waals surface area contributed by atoms with Crippen LogP contribution in [-0.4, -0.2) is 17.6 Å². The van der Waals surface area contributed by atoms with Gasteiger partial charge in [0, 0.05) is 0 Å². The summed E-state index contributed by atoms with van der Waals surface area (Å²) >= 11 is 0. The molecule has 1 aromatic carbocycles. The van der Waals surface area contributed by atoms with Crippen molar-refractivity contribution in [3.05, 3.63) is 34.9 Å². The van der Waals surface area contributed by atoms with Crippen LogP contribution in [0.3, 0.4) is 0 Å². The van der Waals surface area contributed by atoms with Gasteiger partial charge in [0.2, 0.25) is 0 Å². The molecule has 1 aromatic rings. The van der Waals surface area contributed by atoms with Gasteiger partial charge in [-0.1, -0.05) is 30.7 Å². The maximum atomic E-state index is 11.0. The van der Waals surface area contributed by atoms with E-state index in [1.54, 1.807) is 0 Å². The molecule has 1 unspecified atom stereocenters. The molecular formula is C14H21NO2. The first kappa shape index (κ1) is 13.7. The van der Waals surface area contributed by atoms with Crippen molar-refractivity contribution in [2.45, 2.75) is 39.7 Å². The van der Waals surface area contributed by atoms with Crippen LogP contribution in [-0.2, 0) is 10.3 Å². The van der Waals surface area contributed by atoms with Gasteiger partial charge < -0.3 is 10.4 Å². The highest BCUT2D eigenvalue weighted by Gasteiger charge is 2.29. The molecule has 3 heteroatoms. The summed E-state index contributed by atoms with van der Waals surface area (Å²) in [7, 11) is 0. The van der Waals surface area contributed by atoms with Crippen LogP contribution in [0.15, 0.2) is 18.2 Å². The number of carbonyl (C=O) groups is 1. The molecule has 0 aliphatic rings. The van der Waals surface area contributed by atoms with Gasteiger partial charge >= 0.3 is 5.97 Å². The molecule has 0 heterocycles. The Kier molecular flexibility index (Phi) is 4.29. The highest BCUT2D eigenvalue weighted by atomic mass is 16.4. The van der Waals surface area contributed by atoms with Gasteiger partial charge in [-0.25, -0.2) is 0 Å². The number of aryl methyl sites for hydroxylation is 2. The van der Waals surface area contributed by atoms with Crippen molar-refractivity contribution in [2.75, 3.05) is 6.54 Å². The molecule has 0 aliphatic heterocycles. The zero-order chi connectivity index (χ0) is 13.1. The molecule has 3 nitrogen and oxygen atoms in total. The minimum absolute atomic E-state index is 0.0880. The van der Waals surface area contributed by atoms with Gasteiger partial charge in [-0.15, -0.1) is 0 Å². The summed E-state index contributed by atoms with van der Waals surface area (Å²) in [6, 6.07) is 6.14. The van der Waals surface area contributed by atoms with Gasteiger partial charge in [-0.2, -0.15) is 0 Å². The smallest absolute Gasteiger partial charge is 0.305 e. The summed E-state index contributed by atoms with van der Waals surface area (Å²) in [5.41, 5.74) is 2.89. The van der Waals surface area contributed by atoms with E-state index < -0.39 is 11.5 Å². The average Bonchev–Trinajstić information content (AvgIpc) is 2.15. The van der Waals surface area contributed by atoms with E-state index in [2.05, 4.69) is 11.4 Å². The SMILES string of the molecule is CCNC(C)(CC(=O)O)c1ccc(C)cc1C. The van der Waals surface area contributed by atoms with Gasteiger partial charge in [0.1, 0.15) is 0 Å². The van der Waals surface area contributed by atoms with Crippen LogP contribution in [0, 0.1) is 13.8 Å². The van der Waals surface area contributed by atoms with Crippen molar-refractivity contribution in [1.29, 1.82) is 0 Å². The fourth-order valence-corrected chi connectivity index (χ4v) is 2.38. The van der Waals surface area contributed by atoms with E-state index in [1.165, 1.54) is 5.56 Å². The van der Waals surface area contributed by atoms with Crippen LogP contribution < -0.4 is 5.32 Å². The van der Waals surface area contributed by atoms with Crippen LogP contribution in [0.25, 0.3) is 0 Å². The number of benzene rings is 1. The molecule has 0 spiro atoms. The van der Waals surface area contributed by atoms with Crippen molar-refractivity contribution in [3.63, 3.8) is 0 Å². The monoisotopic (exact) mass is 235 g/mol. The van der Waals surface area contributed by atoms with Crippen molar-refractivity contribution >= 4 is 5.97 Å². The minimum atomic E-state index is -0.784. The number of hydrogen-bond acceptors (Lipinski definition) is 2. The average molecular weight is 235 g/mol. The number of rotatable bonds is 5. The maximum Gasteiger partial charge on any atom is 0.305 e. The van der Waals surface area contributed by atoms with Gasteiger partial charge in [0.05, 0.1) is 12.0 Å². The summed E-state index contributed by atoms with van der Waals surface area (Å²) in [6.07, 6.45) is 0.0880. The van der Waals surface area contributed by atoms with Gasteiger partial charge in [0.15, 0.2) is 0 Å². The molecule has 0 saturated heterocycles. The number of aliphatic carboxylic acids is 1. The first-order chi connectivity index (χ1) is 7.89. The first-order valence-electron chi connectivity index (χ1n) is 5.93. The zero-order valence-electron chi connectivity index (χ0n) is 11.0. The number of carboxylic acid groups (broad SMARTS) is 1. The van der Waals surface area contributed by atoms with Gasteiger partial charge in [-0.05, 0) is 38.4 Å². The number of hydrogen-bond donors (Lipinski definition) is 2. The second-order valence-electron chi connectivity index (χ2n) is 4.75. The molecule has 0 bridgehead atoms. The van der Waals surface area contributed by atoms with Crippen molar-refractivity contribution < 1.29 is 9.90 Å². The van der Waals surface area contributed by atoms with Gasteiger partial charge in [-0.3, -0.25) is 4.79 Å². The van der Waals surface area contributed by atoms with E-state index in [9.17, 15) is 4.79 Å². The Hall–Kier alpha value is -1.35. The van der Waals surface area contributed by atoms with Crippen LogP contribution in [0.5, 0.6) is 0 Å². The maximum absolute atomic E-state index is 11.0. The molecule has 0 amide bonds. The molecule has 1 rings (SSSR count). The fraction of sp³-hybridized carbons (Fsp3) is 0.500. The second-order valence-corrected chi connectivity index (χ2v) is 4.75. The predicted octanol–water partition coefficient (Wildman–Crippen LogP) is 2.60. The normalized spacial score (nSPS) is 14.4. The molecule has 94 valence electrons. The largest absolute Gasteiger partial charge is 0.481 e. The standard InChI is InChI=1S/C14H21NO2/c1-5-15-14(4,9-13(16)17)12-7-6-10(2)8-11(12)3/h6-8,15H,5,9H2,1-4H3,(H,16,17). The minimum Gasteiger partial charge on any atom is -0.481 e. The van der Waals surface area contributed by atoms with E-state index in [0.29, 0.717) is 0 Å². The summed E-state index contributed by atoms with van der Waals surface area (Å²) in [6.45, 7) is 8.75. The highest BCUT2D eigenvalue weighted by molar-refractivity contribution is 5.69. The van der Waals surface area contributed by atoms with Crippen molar-refractivity contribution in [1.82, 2.24) is 5.32 Å². The number of nitrogens with one attached hydrogen (secondary N) is 1. The number of carboxylic acids is 1. The second kappa shape index (κ2) is 5.32. The lowest BCUT2D eigenvalue weighted by molar-refractivity contribution is -0.138. The lowest BCUT2D eigenvalue weighted by Crippen LogP contribution is -2.41. The van der Waals surface area contributed by atoms with Crippen molar-refractivity contribution in [2.24, 2.45) is 0 Å². The Morgan fingerprint density at radius 3 is 2.53 bits per heavy atom. The summed E-state index contributed by atoms with van der Waals surface area (Å²) in [5.74, 6) is -0.784. The third-order valence-electron chi connectivity index (χ3n) is 3.05. The lowest BCUT2D eigenvalue weighted by atomic mass is 9.85. The molecule has 2 N–H and O–H groups in total. The van der Waals surface area contributed by atoms with Crippen LogP contribution in [0.2, 0.25) is 0 Å². The topological polar surface area (TPSA) is 49.3 Å². The fourth-order valence-electron chi connectivity index (χ4n) is 2.38. The van der Waals surface area contributed by atoms with E-state index in [1.807, 2.05) is 39.8 Å². The molecule has 0 fully saturated rings. The molecule has 0 radical (unpaired) electrons. The predicted molar refractivity (Wildman–Crippen MR) is 69.2 cm³/mol. The molecular weight excluding hydrogens is 214 g/mol. The highest BCUT2D eigenvalue weighted by Crippen LogP contribution is 2.28. The van der Waals surface area contributed by atoms with Gasteiger partial charge in [0.25, 0.3) is 0 Å². The van der Waals surface area contributed by atoms with Crippen LogP contribution in [0.1, 0.15) is 37.0 Å². The Morgan fingerprint density at radius 1 is 1.41 bits per heavy atom. The Balaban J connectivity index is 3.16. The summed E-state index contributed by atoms with van der Waals surface area (Å²) < 4.78 is 0. The summed E-state index contributed by atoms with van der Waals surface area (Å²) in [4.78, 5) is 11.0. The third kappa shape index (κ3) is 3.30. The van der Waals surface area contributed by atoms with Crippen LogP contribution >= 0.6 is 0 Å². The van der Waals surface area contributed by atoms with E-state index in [4.69, 9.17) is 5.11 Å². The molecule has 0 aromatic heterocycles. The molecule has 0 aliphatic carbocycles. The molecule has 1 atom stereocenters. The van der Waals surface area contributed by atoms with Crippen LogP contribution in [0.4, 0.5) is 0 Å². The Labute approximate surface area is 103 Å².